The zero-order chi connectivity index (χ0) is 18.9. The number of rotatable bonds is 4. The molecular formula is C17H11F4N2O2S-. The summed E-state index contributed by atoms with van der Waals surface area (Å²) in [4.78, 5) is 0. The lowest BCUT2D eigenvalue weighted by atomic mass is 10.1. The first-order chi connectivity index (χ1) is 12.2. The smallest absolute Gasteiger partial charge is 0.435 e. The third kappa shape index (κ3) is 4.00. The van der Waals surface area contributed by atoms with Gasteiger partial charge in [0, 0.05) is 11.3 Å². The average molecular weight is 383 g/mol. The van der Waals surface area contributed by atoms with Crippen LogP contribution < -0.4 is 0 Å². The van der Waals surface area contributed by atoms with Gasteiger partial charge in [0.05, 0.1) is 11.4 Å². The van der Waals surface area contributed by atoms with Crippen LogP contribution in [0.15, 0.2) is 54.6 Å². The molecule has 136 valence electrons. The van der Waals surface area contributed by atoms with Gasteiger partial charge in [0.25, 0.3) is 0 Å². The summed E-state index contributed by atoms with van der Waals surface area (Å²) in [6, 6.07) is 11.8. The Balaban J connectivity index is 2.08. The van der Waals surface area contributed by atoms with Gasteiger partial charge in [-0.05, 0) is 48.0 Å². The summed E-state index contributed by atoms with van der Waals surface area (Å²) in [6.45, 7) is 0. The summed E-state index contributed by atoms with van der Waals surface area (Å²) in [5.74, 6) is -0.705. The van der Waals surface area contributed by atoms with Crippen molar-refractivity contribution in [3.63, 3.8) is 0 Å². The molecule has 0 aliphatic rings. The molecule has 3 rings (SSSR count). The third-order valence-corrected chi connectivity index (χ3v) is 4.17. The molecule has 0 saturated carbocycles. The standard InChI is InChI=1S/C17H12F4N2O2S/c18-13-5-3-12(4-6-13)15-9-16(17(19,20)21)22-23(15)14-7-1-11(2-8-14)10-26(24)25/h1-9H,10H2,(H,24,25)/p-1. The lowest BCUT2D eigenvalue weighted by Gasteiger charge is -2.10. The first kappa shape index (κ1) is 18.3. The molecule has 0 bridgehead atoms. The van der Waals surface area contributed by atoms with Gasteiger partial charge in [-0.2, -0.15) is 18.3 Å². The van der Waals surface area contributed by atoms with Crippen LogP contribution in [0.25, 0.3) is 16.9 Å². The second kappa shape index (κ2) is 7.00. The summed E-state index contributed by atoms with van der Waals surface area (Å²) in [6.07, 6.45) is -4.64. The molecular weight excluding hydrogens is 372 g/mol. The van der Waals surface area contributed by atoms with Crippen molar-refractivity contribution < 1.29 is 26.3 Å². The maximum absolute atomic E-state index is 13.1. The number of hydrogen-bond donors (Lipinski definition) is 0. The molecule has 0 radical (unpaired) electrons. The molecule has 1 heterocycles. The molecule has 0 amide bonds. The molecule has 0 aliphatic carbocycles. The zero-order valence-electron chi connectivity index (χ0n) is 13.0. The van der Waals surface area contributed by atoms with E-state index in [1.165, 1.54) is 36.4 Å². The zero-order valence-corrected chi connectivity index (χ0v) is 13.9. The van der Waals surface area contributed by atoms with Crippen molar-refractivity contribution in [2.75, 3.05) is 0 Å². The molecule has 1 aromatic heterocycles. The van der Waals surface area contributed by atoms with Crippen molar-refractivity contribution in [1.82, 2.24) is 9.78 Å². The lowest BCUT2D eigenvalue weighted by Crippen LogP contribution is -2.07. The highest BCUT2D eigenvalue weighted by Gasteiger charge is 2.35. The molecule has 26 heavy (non-hydrogen) atoms. The predicted octanol–water partition coefficient (Wildman–Crippen LogP) is 4.08. The van der Waals surface area contributed by atoms with E-state index in [0.717, 1.165) is 22.9 Å². The Bertz CT molecular complexity index is 935. The van der Waals surface area contributed by atoms with Crippen LogP contribution in [0.5, 0.6) is 0 Å². The molecule has 0 fully saturated rings. The fourth-order valence-corrected chi connectivity index (χ4v) is 2.88. The van der Waals surface area contributed by atoms with E-state index in [9.17, 15) is 26.3 Å². The Hall–Kier alpha value is -2.52. The maximum Gasteiger partial charge on any atom is 0.435 e. The molecule has 1 atom stereocenters. The van der Waals surface area contributed by atoms with Crippen LogP contribution in [-0.4, -0.2) is 18.5 Å². The monoisotopic (exact) mass is 383 g/mol. The van der Waals surface area contributed by atoms with Crippen LogP contribution in [0, 0.1) is 5.82 Å². The second-order valence-corrected chi connectivity index (χ2v) is 6.34. The van der Waals surface area contributed by atoms with Gasteiger partial charge in [-0.15, -0.1) is 0 Å². The molecule has 3 aromatic rings. The van der Waals surface area contributed by atoms with Crippen molar-refractivity contribution in [1.29, 1.82) is 0 Å². The highest BCUT2D eigenvalue weighted by molar-refractivity contribution is 7.78. The fraction of sp³-hybridized carbons (Fsp3) is 0.118. The van der Waals surface area contributed by atoms with Crippen molar-refractivity contribution in [3.8, 4) is 16.9 Å². The van der Waals surface area contributed by atoms with Crippen LogP contribution in [0.3, 0.4) is 0 Å². The first-order valence-corrected chi connectivity index (χ1v) is 8.57. The number of benzene rings is 2. The van der Waals surface area contributed by atoms with E-state index < -0.39 is 28.8 Å². The predicted molar refractivity (Wildman–Crippen MR) is 86.6 cm³/mol. The molecule has 9 heteroatoms. The van der Waals surface area contributed by atoms with Gasteiger partial charge in [0.15, 0.2) is 5.69 Å². The topological polar surface area (TPSA) is 57.9 Å². The van der Waals surface area contributed by atoms with Gasteiger partial charge >= 0.3 is 6.18 Å². The average Bonchev–Trinajstić information content (AvgIpc) is 3.01. The van der Waals surface area contributed by atoms with E-state index in [1.54, 1.807) is 0 Å². The Kier molecular flexibility index (Phi) is 4.92. The molecule has 4 nitrogen and oxygen atoms in total. The number of alkyl halides is 3. The van der Waals surface area contributed by atoms with Gasteiger partial charge in [0.2, 0.25) is 0 Å². The quantitative estimate of drug-likeness (QED) is 0.504. The molecule has 1 unspecified atom stereocenters. The van der Waals surface area contributed by atoms with E-state index in [0.29, 0.717) is 16.8 Å². The molecule has 2 aromatic carbocycles. The van der Waals surface area contributed by atoms with Crippen LogP contribution in [0.4, 0.5) is 17.6 Å². The fourth-order valence-electron chi connectivity index (χ4n) is 2.41. The van der Waals surface area contributed by atoms with E-state index in [-0.39, 0.29) is 11.4 Å². The van der Waals surface area contributed by atoms with Crippen molar-refractivity contribution in [2.24, 2.45) is 0 Å². The van der Waals surface area contributed by atoms with Crippen LogP contribution >= 0.6 is 0 Å². The Morgan fingerprint density at radius 3 is 2.19 bits per heavy atom. The van der Waals surface area contributed by atoms with E-state index in [2.05, 4.69) is 5.10 Å². The maximum atomic E-state index is 13.1. The number of halogens is 4. The molecule has 0 spiro atoms. The summed E-state index contributed by atoms with van der Waals surface area (Å²) in [5.41, 5.74) is 0.229. The number of hydrogen-bond acceptors (Lipinski definition) is 3. The van der Waals surface area contributed by atoms with Gasteiger partial charge < -0.3 is 4.55 Å². The lowest BCUT2D eigenvalue weighted by molar-refractivity contribution is -0.141. The highest BCUT2D eigenvalue weighted by Crippen LogP contribution is 2.33. The second-order valence-electron chi connectivity index (χ2n) is 5.45. The normalized spacial score (nSPS) is 13.0. The van der Waals surface area contributed by atoms with Crippen LogP contribution in [0.2, 0.25) is 0 Å². The van der Waals surface area contributed by atoms with Crippen molar-refractivity contribution in [2.45, 2.75) is 11.9 Å². The van der Waals surface area contributed by atoms with Crippen LogP contribution in [-0.2, 0) is 23.0 Å². The van der Waals surface area contributed by atoms with E-state index in [1.807, 2.05) is 0 Å². The largest absolute Gasteiger partial charge is 0.772 e. The Morgan fingerprint density at radius 2 is 1.65 bits per heavy atom. The minimum Gasteiger partial charge on any atom is -0.772 e. The third-order valence-electron chi connectivity index (χ3n) is 3.61. The summed E-state index contributed by atoms with van der Waals surface area (Å²) >= 11 is -2.27. The number of aromatic nitrogens is 2. The minimum atomic E-state index is -4.64. The van der Waals surface area contributed by atoms with Gasteiger partial charge in [-0.3, -0.25) is 4.21 Å². The Labute approximate surface area is 148 Å². The summed E-state index contributed by atoms with van der Waals surface area (Å²) in [7, 11) is 0. The highest BCUT2D eigenvalue weighted by atomic mass is 32.2. The number of nitrogens with zero attached hydrogens (tertiary/aromatic N) is 2. The van der Waals surface area contributed by atoms with Crippen LogP contribution in [0.1, 0.15) is 11.3 Å². The Morgan fingerprint density at radius 1 is 1.04 bits per heavy atom. The van der Waals surface area contributed by atoms with Gasteiger partial charge in [-0.25, -0.2) is 9.07 Å². The van der Waals surface area contributed by atoms with Crippen molar-refractivity contribution in [3.05, 3.63) is 71.7 Å². The van der Waals surface area contributed by atoms with E-state index in [4.69, 9.17) is 0 Å². The molecule has 0 N–H and O–H groups in total. The van der Waals surface area contributed by atoms with Gasteiger partial charge in [-0.1, -0.05) is 23.2 Å². The van der Waals surface area contributed by atoms with E-state index >= 15 is 0 Å². The summed E-state index contributed by atoms with van der Waals surface area (Å²) < 4.78 is 74.9. The van der Waals surface area contributed by atoms with Gasteiger partial charge in [0.1, 0.15) is 5.82 Å². The molecule has 0 aliphatic heterocycles. The minimum absolute atomic E-state index is 0.137. The van der Waals surface area contributed by atoms with Crippen molar-refractivity contribution >= 4 is 11.1 Å². The molecule has 0 saturated heterocycles. The first-order valence-electron chi connectivity index (χ1n) is 7.32. The summed E-state index contributed by atoms with van der Waals surface area (Å²) in [5, 5.41) is 3.62. The SMILES string of the molecule is O=S([O-])Cc1ccc(-n2nc(C(F)(F)F)cc2-c2ccc(F)cc2)cc1.